The van der Waals surface area contributed by atoms with Crippen molar-refractivity contribution in [3.8, 4) is 16.9 Å². The van der Waals surface area contributed by atoms with Gasteiger partial charge in [0.2, 0.25) is 5.78 Å². The molecule has 0 saturated heterocycles. The summed E-state index contributed by atoms with van der Waals surface area (Å²) in [5.41, 5.74) is 5.38. The molecule has 10 nitrogen and oxygen atoms in total. The minimum absolute atomic E-state index is 0.00691. The molecule has 0 fully saturated rings. The third-order valence-corrected chi connectivity index (χ3v) is 8.61. The van der Waals surface area contributed by atoms with E-state index < -0.39 is 58.0 Å². The fourth-order valence-corrected chi connectivity index (χ4v) is 6.65. The number of rotatable bonds is 4. The number of fused-ring (bicyclic) bond motifs is 3. The first kappa shape index (κ1) is 27.4. The average molecular weight is 548 g/mol. The molecular formula is C30H33N3O7. The molecule has 210 valence electrons. The number of phenols is 1. The number of hydrogen-bond donors (Lipinski definition) is 5. The van der Waals surface area contributed by atoms with E-state index in [0.29, 0.717) is 11.1 Å². The van der Waals surface area contributed by atoms with Gasteiger partial charge in [-0.2, -0.15) is 0 Å². The van der Waals surface area contributed by atoms with E-state index in [1.54, 1.807) is 21.0 Å². The molecular weight excluding hydrogens is 514 g/mol. The summed E-state index contributed by atoms with van der Waals surface area (Å²) in [6.07, 6.45) is 0.270. The number of aliphatic hydroxyl groups is 3. The largest absolute Gasteiger partial charge is 0.510 e. The van der Waals surface area contributed by atoms with Crippen LogP contribution in [-0.4, -0.2) is 82.6 Å². The number of Topliss-reactive ketones (excluding diaryl/α,β-unsaturated/α-hetero) is 2. The molecule has 0 radical (unpaired) electrons. The molecule has 0 aromatic heterocycles. The Morgan fingerprint density at radius 1 is 1.05 bits per heavy atom. The van der Waals surface area contributed by atoms with E-state index >= 15 is 0 Å². The van der Waals surface area contributed by atoms with Gasteiger partial charge < -0.3 is 31.1 Å². The first-order valence-electron chi connectivity index (χ1n) is 13.0. The van der Waals surface area contributed by atoms with Crippen LogP contribution in [0.4, 0.5) is 5.69 Å². The lowest BCUT2D eigenvalue weighted by Gasteiger charge is -2.50. The Hall–Kier alpha value is -4.15. The normalized spacial score (nSPS) is 26.0. The van der Waals surface area contributed by atoms with E-state index in [2.05, 4.69) is 0 Å². The Morgan fingerprint density at radius 3 is 2.23 bits per heavy atom. The fourth-order valence-electron chi connectivity index (χ4n) is 6.65. The van der Waals surface area contributed by atoms with Crippen LogP contribution in [0.1, 0.15) is 27.9 Å². The minimum atomic E-state index is -2.66. The SMILES string of the molecule is Cc1cc(-c2ccc(N(C)C)cc2)c2c(c1O)C(=O)C1=C(O)[C@]3(O)C(=O)C(C(N)=O)=C(O)C(N(C)C)[C@@H]3C[C@@H]1C2. The van der Waals surface area contributed by atoms with Crippen molar-refractivity contribution in [1.29, 1.82) is 0 Å². The summed E-state index contributed by atoms with van der Waals surface area (Å²) in [4.78, 5) is 43.1. The topological polar surface area (TPSA) is 165 Å². The van der Waals surface area contributed by atoms with Crippen molar-refractivity contribution in [2.45, 2.75) is 31.4 Å². The van der Waals surface area contributed by atoms with Crippen molar-refractivity contribution in [3.63, 3.8) is 0 Å². The zero-order chi connectivity index (χ0) is 29.4. The Kier molecular flexibility index (Phi) is 6.31. The molecule has 5 rings (SSSR count). The number of aliphatic hydroxyl groups excluding tert-OH is 2. The van der Waals surface area contributed by atoms with Crippen molar-refractivity contribution in [2.75, 3.05) is 33.1 Å². The lowest BCUT2D eigenvalue weighted by Crippen LogP contribution is -2.63. The molecule has 1 unspecified atom stereocenters. The van der Waals surface area contributed by atoms with Crippen LogP contribution in [-0.2, 0) is 16.0 Å². The van der Waals surface area contributed by atoms with Crippen molar-refractivity contribution in [3.05, 3.63) is 69.7 Å². The standard InChI is InChI=1S/C30H33N3O7/c1-13-10-17(14-6-8-16(9-7-14)32(2)3)18-11-15-12-19-23(33(4)5)26(36)22(29(31)39)28(38)30(19,40)27(37)20(15)25(35)21(18)24(13)34/h6-10,15,19,23,34,36-37,40H,11-12H2,1-5H3,(H2,31,39)/t15-,19-,23?,30-/m0/s1. The maximum atomic E-state index is 14.0. The maximum absolute atomic E-state index is 14.0. The van der Waals surface area contributed by atoms with Crippen molar-refractivity contribution >= 4 is 23.2 Å². The number of hydrogen-bond acceptors (Lipinski definition) is 9. The van der Waals surface area contributed by atoms with Crippen molar-refractivity contribution < 1.29 is 34.8 Å². The van der Waals surface area contributed by atoms with Gasteiger partial charge in [0.05, 0.1) is 11.6 Å². The van der Waals surface area contributed by atoms with Crippen LogP contribution >= 0.6 is 0 Å². The summed E-state index contributed by atoms with van der Waals surface area (Å²) in [6.45, 7) is 1.67. The molecule has 0 aliphatic heterocycles. The highest BCUT2D eigenvalue weighted by atomic mass is 16.3. The van der Waals surface area contributed by atoms with E-state index in [0.717, 1.165) is 16.8 Å². The zero-order valence-corrected chi connectivity index (χ0v) is 23.0. The van der Waals surface area contributed by atoms with E-state index in [-0.39, 0.29) is 29.7 Å². The number of likely N-dealkylation sites (N-methyl/N-ethyl adjacent to an activating group) is 1. The van der Waals surface area contributed by atoms with E-state index in [1.165, 1.54) is 4.90 Å². The van der Waals surface area contributed by atoms with Crippen LogP contribution in [0.3, 0.4) is 0 Å². The highest BCUT2D eigenvalue weighted by Gasteiger charge is 2.63. The van der Waals surface area contributed by atoms with E-state index in [9.17, 15) is 34.8 Å². The molecule has 1 amide bonds. The molecule has 3 aliphatic carbocycles. The van der Waals surface area contributed by atoms with Gasteiger partial charge in [0.1, 0.15) is 22.8 Å². The summed E-state index contributed by atoms with van der Waals surface area (Å²) < 4.78 is 0. The predicted molar refractivity (Wildman–Crippen MR) is 148 cm³/mol. The van der Waals surface area contributed by atoms with Gasteiger partial charge in [-0.3, -0.25) is 19.3 Å². The number of phenolic OH excluding ortho intramolecular Hbond substituents is 1. The van der Waals surface area contributed by atoms with Gasteiger partial charge in [-0.1, -0.05) is 12.1 Å². The second-order valence-corrected chi connectivity index (χ2v) is 11.3. The van der Waals surface area contributed by atoms with Gasteiger partial charge in [0, 0.05) is 31.3 Å². The first-order valence-corrected chi connectivity index (χ1v) is 13.0. The Bertz CT molecular complexity index is 1540. The lowest BCUT2D eigenvalue weighted by molar-refractivity contribution is -0.148. The number of aromatic hydroxyl groups is 1. The predicted octanol–water partition coefficient (Wildman–Crippen LogP) is 2.16. The smallest absolute Gasteiger partial charge is 0.255 e. The van der Waals surface area contributed by atoms with Crippen LogP contribution in [0.25, 0.3) is 11.1 Å². The highest BCUT2D eigenvalue weighted by Crippen LogP contribution is 2.53. The summed E-state index contributed by atoms with van der Waals surface area (Å²) >= 11 is 0. The quantitative estimate of drug-likeness (QED) is 0.361. The van der Waals surface area contributed by atoms with Crippen LogP contribution in [0.2, 0.25) is 0 Å². The number of amides is 1. The number of primary amides is 1. The van der Waals surface area contributed by atoms with Crippen molar-refractivity contribution in [1.82, 2.24) is 4.90 Å². The molecule has 0 bridgehead atoms. The van der Waals surface area contributed by atoms with Crippen LogP contribution in [0, 0.1) is 18.8 Å². The third kappa shape index (κ3) is 3.66. The number of aryl methyl sites for hydroxylation is 1. The Morgan fingerprint density at radius 2 is 1.68 bits per heavy atom. The maximum Gasteiger partial charge on any atom is 0.255 e. The second-order valence-electron chi connectivity index (χ2n) is 11.3. The number of carbonyl (C=O) groups is 3. The van der Waals surface area contributed by atoms with Gasteiger partial charge >= 0.3 is 0 Å². The molecule has 4 atom stereocenters. The number of anilines is 1. The summed E-state index contributed by atoms with van der Waals surface area (Å²) in [5.74, 6) is -6.60. The van der Waals surface area contributed by atoms with Gasteiger partial charge in [0.15, 0.2) is 11.4 Å². The monoisotopic (exact) mass is 547 g/mol. The Balaban J connectivity index is 1.72. The number of nitrogens with two attached hydrogens (primary N) is 1. The van der Waals surface area contributed by atoms with Crippen LogP contribution in [0.5, 0.6) is 5.75 Å². The van der Waals surface area contributed by atoms with Gasteiger partial charge in [0.25, 0.3) is 5.91 Å². The number of carbonyl (C=O) groups excluding carboxylic acids is 3. The molecule has 0 heterocycles. The Labute approximate surface area is 231 Å². The zero-order valence-electron chi connectivity index (χ0n) is 23.0. The van der Waals surface area contributed by atoms with Crippen molar-refractivity contribution in [2.24, 2.45) is 17.6 Å². The molecule has 2 aromatic rings. The van der Waals surface area contributed by atoms with Gasteiger partial charge in [-0.05, 0) is 80.2 Å². The van der Waals surface area contributed by atoms with Crippen LogP contribution in [0.15, 0.2) is 53.0 Å². The van der Waals surface area contributed by atoms with E-state index in [1.807, 2.05) is 49.3 Å². The summed E-state index contributed by atoms with van der Waals surface area (Å²) in [6, 6.07) is 8.56. The number of ketones is 2. The van der Waals surface area contributed by atoms with Gasteiger partial charge in [-0.25, -0.2) is 0 Å². The lowest BCUT2D eigenvalue weighted by atomic mass is 9.58. The molecule has 6 N–H and O–H groups in total. The third-order valence-electron chi connectivity index (χ3n) is 8.61. The summed E-state index contributed by atoms with van der Waals surface area (Å²) in [7, 11) is 7.07. The molecule has 0 saturated carbocycles. The molecule has 0 spiro atoms. The highest BCUT2D eigenvalue weighted by molar-refractivity contribution is 6.25. The average Bonchev–Trinajstić information content (AvgIpc) is 2.88. The molecule has 40 heavy (non-hydrogen) atoms. The molecule has 2 aromatic carbocycles. The number of nitrogens with zero attached hydrogens (tertiary/aromatic N) is 2. The summed E-state index contributed by atoms with van der Waals surface area (Å²) in [5, 5.41) is 45.2. The number of allylic oxidation sites excluding steroid dienone is 1. The minimum Gasteiger partial charge on any atom is -0.510 e. The van der Waals surface area contributed by atoms with E-state index in [4.69, 9.17) is 5.73 Å². The molecule has 3 aliphatic rings. The van der Waals surface area contributed by atoms with Crippen LogP contribution < -0.4 is 10.6 Å². The number of benzene rings is 2. The fraction of sp³-hybridized carbons (Fsp3) is 0.367. The first-order chi connectivity index (χ1) is 18.7. The molecule has 10 heteroatoms. The van der Waals surface area contributed by atoms with Gasteiger partial charge in [-0.15, -0.1) is 0 Å². The second kappa shape index (κ2) is 9.21.